The smallest absolute Gasteiger partial charge is 0.262 e. The van der Waals surface area contributed by atoms with Gasteiger partial charge in [-0.05, 0) is 68.3 Å². The fourth-order valence-corrected chi connectivity index (χ4v) is 5.33. The molecule has 8 heteroatoms. The van der Waals surface area contributed by atoms with E-state index in [2.05, 4.69) is 10.0 Å². The molecule has 0 saturated carbocycles. The number of sulfonamides is 1. The predicted octanol–water partition coefficient (Wildman–Crippen LogP) is 5.42. The number of carbonyl (C=O) groups is 1. The molecule has 0 atom stereocenters. The molecule has 0 saturated heterocycles. The lowest BCUT2D eigenvalue weighted by Gasteiger charge is -2.15. The van der Waals surface area contributed by atoms with E-state index in [9.17, 15) is 13.2 Å². The zero-order valence-electron chi connectivity index (χ0n) is 16.5. The van der Waals surface area contributed by atoms with Crippen molar-refractivity contribution in [2.45, 2.75) is 25.7 Å². The van der Waals surface area contributed by atoms with Crippen molar-refractivity contribution in [3.8, 4) is 11.5 Å². The van der Waals surface area contributed by atoms with Gasteiger partial charge in [-0.3, -0.25) is 9.52 Å². The molecule has 1 aliphatic heterocycles. The standard InChI is InChI=1S/C22H19ClN2O4S/c1-12-8-13(2)21(14(3)9-12)30(27,28)25-16-5-7-19-17(11-16)22(26)24-18-10-15(23)4-6-20(18)29-19/h4-11,25H,1-3H3,(H,24,26). The summed E-state index contributed by atoms with van der Waals surface area (Å²) in [5, 5.41) is 3.20. The Morgan fingerprint density at radius 3 is 2.30 bits per heavy atom. The molecule has 6 nitrogen and oxygen atoms in total. The highest BCUT2D eigenvalue weighted by Crippen LogP contribution is 2.38. The molecule has 1 aliphatic rings. The normalized spacial score (nSPS) is 12.9. The van der Waals surface area contributed by atoms with Crippen LogP contribution in [0.4, 0.5) is 11.4 Å². The molecule has 0 aliphatic carbocycles. The Bertz CT molecular complexity index is 1280. The van der Waals surface area contributed by atoms with Gasteiger partial charge in [-0.25, -0.2) is 8.42 Å². The molecule has 0 fully saturated rings. The fraction of sp³-hybridized carbons (Fsp3) is 0.136. The van der Waals surface area contributed by atoms with Crippen LogP contribution >= 0.6 is 11.6 Å². The van der Waals surface area contributed by atoms with Crippen molar-refractivity contribution in [2.75, 3.05) is 10.0 Å². The minimum absolute atomic E-state index is 0.208. The number of benzene rings is 3. The number of aryl methyl sites for hydroxylation is 3. The Balaban J connectivity index is 1.70. The summed E-state index contributed by atoms with van der Waals surface area (Å²) < 4.78 is 34.5. The Morgan fingerprint density at radius 1 is 0.933 bits per heavy atom. The van der Waals surface area contributed by atoms with Crippen LogP contribution in [0.1, 0.15) is 27.0 Å². The average Bonchev–Trinajstić information content (AvgIpc) is 2.76. The fourth-order valence-electron chi connectivity index (χ4n) is 3.65. The monoisotopic (exact) mass is 442 g/mol. The maximum atomic E-state index is 13.0. The van der Waals surface area contributed by atoms with E-state index >= 15 is 0 Å². The van der Waals surface area contributed by atoms with E-state index in [0.29, 0.717) is 33.3 Å². The Labute approximate surface area is 179 Å². The number of ether oxygens (including phenoxy) is 1. The number of nitrogens with one attached hydrogen (secondary N) is 2. The first-order valence-corrected chi connectivity index (χ1v) is 11.0. The molecule has 4 rings (SSSR count). The van der Waals surface area contributed by atoms with Crippen LogP contribution in [0.5, 0.6) is 11.5 Å². The number of anilines is 2. The summed E-state index contributed by atoms with van der Waals surface area (Å²) in [6, 6.07) is 13.1. The van der Waals surface area contributed by atoms with Crippen molar-refractivity contribution in [2.24, 2.45) is 0 Å². The second kappa shape index (κ2) is 7.34. The largest absolute Gasteiger partial charge is 0.454 e. The van der Waals surface area contributed by atoms with Crippen molar-refractivity contribution >= 4 is 38.9 Å². The summed E-state index contributed by atoms with van der Waals surface area (Å²) in [6.07, 6.45) is 0. The maximum Gasteiger partial charge on any atom is 0.262 e. The van der Waals surface area contributed by atoms with Gasteiger partial charge in [0.2, 0.25) is 0 Å². The highest BCUT2D eigenvalue weighted by molar-refractivity contribution is 7.92. The second-order valence-electron chi connectivity index (χ2n) is 7.24. The van der Waals surface area contributed by atoms with Gasteiger partial charge in [-0.1, -0.05) is 29.3 Å². The van der Waals surface area contributed by atoms with Crippen molar-refractivity contribution < 1.29 is 17.9 Å². The predicted molar refractivity (Wildman–Crippen MR) is 117 cm³/mol. The molecule has 0 bridgehead atoms. The number of hydrogen-bond donors (Lipinski definition) is 2. The Hall–Kier alpha value is -3.03. The molecule has 0 unspecified atom stereocenters. The number of amides is 1. The zero-order chi connectivity index (χ0) is 21.6. The minimum Gasteiger partial charge on any atom is -0.454 e. The lowest BCUT2D eigenvalue weighted by atomic mass is 10.1. The van der Waals surface area contributed by atoms with Gasteiger partial charge in [0.25, 0.3) is 15.9 Å². The average molecular weight is 443 g/mol. The SMILES string of the molecule is Cc1cc(C)c(S(=O)(=O)Nc2ccc3c(c2)C(=O)Nc2cc(Cl)ccc2O3)c(C)c1. The number of fused-ring (bicyclic) bond motifs is 2. The van der Waals surface area contributed by atoms with E-state index in [4.69, 9.17) is 16.3 Å². The Kier molecular flexibility index (Phi) is 4.95. The summed E-state index contributed by atoms with van der Waals surface area (Å²) in [5.74, 6) is 0.347. The molecule has 0 aromatic heterocycles. The van der Waals surface area contributed by atoms with Gasteiger partial charge in [0.1, 0.15) is 5.75 Å². The molecule has 0 spiro atoms. The lowest BCUT2D eigenvalue weighted by Crippen LogP contribution is -2.17. The molecule has 0 radical (unpaired) electrons. The molecule has 1 heterocycles. The van der Waals surface area contributed by atoms with E-state index in [1.54, 1.807) is 44.2 Å². The van der Waals surface area contributed by atoms with Crippen LogP contribution in [0.2, 0.25) is 5.02 Å². The van der Waals surface area contributed by atoms with Gasteiger partial charge in [0.05, 0.1) is 16.1 Å². The highest BCUT2D eigenvalue weighted by atomic mass is 35.5. The van der Waals surface area contributed by atoms with E-state index in [0.717, 1.165) is 5.56 Å². The van der Waals surface area contributed by atoms with E-state index in [1.807, 2.05) is 19.1 Å². The van der Waals surface area contributed by atoms with Crippen LogP contribution in [0.15, 0.2) is 53.4 Å². The summed E-state index contributed by atoms with van der Waals surface area (Å²) in [5.41, 5.74) is 3.21. The van der Waals surface area contributed by atoms with Gasteiger partial charge in [0.15, 0.2) is 5.75 Å². The van der Waals surface area contributed by atoms with Crippen molar-refractivity contribution in [3.63, 3.8) is 0 Å². The van der Waals surface area contributed by atoms with Crippen LogP contribution in [0, 0.1) is 20.8 Å². The first kappa shape index (κ1) is 20.3. The van der Waals surface area contributed by atoms with E-state index in [1.165, 1.54) is 6.07 Å². The maximum absolute atomic E-state index is 13.0. The molecule has 154 valence electrons. The number of carbonyl (C=O) groups excluding carboxylic acids is 1. The molecule has 3 aromatic carbocycles. The number of halogens is 1. The molecular formula is C22H19ClN2O4S. The van der Waals surface area contributed by atoms with E-state index < -0.39 is 15.9 Å². The number of rotatable bonds is 3. The third-order valence-electron chi connectivity index (χ3n) is 4.76. The zero-order valence-corrected chi connectivity index (χ0v) is 18.1. The van der Waals surface area contributed by atoms with Gasteiger partial charge in [-0.15, -0.1) is 0 Å². The quantitative estimate of drug-likeness (QED) is 0.566. The van der Waals surface area contributed by atoms with Gasteiger partial charge < -0.3 is 10.1 Å². The summed E-state index contributed by atoms with van der Waals surface area (Å²) >= 11 is 6.00. The van der Waals surface area contributed by atoms with E-state index in [-0.39, 0.29) is 16.1 Å². The Morgan fingerprint density at radius 2 is 1.60 bits per heavy atom. The van der Waals surface area contributed by atoms with Crippen molar-refractivity contribution in [1.82, 2.24) is 0 Å². The molecule has 1 amide bonds. The molecule has 30 heavy (non-hydrogen) atoms. The minimum atomic E-state index is -3.84. The van der Waals surface area contributed by atoms with Crippen LogP contribution in [0.25, 0.3) is 0 Å². The molecule has 2 N–H and O–H groups in total. The topological polar surface area (TPSA) is 84.5 Å². The third kappa shape index (κ3) is 3.74. The molecular weight excluding hydrogens is 424 g/mol. The van der Waals surface area contributed by atoms with Crippen molar-refractivity contribution in [1.29, 1.82) is 0 Å². The first-order chi connectivity index (χ1) is 14.1. The van der Waals surface area contributed by atoms with Crippen molar-refractivity contribution in [3.05, 3.63) is 75.8 Å². The lowest BCUT2D eigenvalue weighted by molar-refractivity contribution is 0.102. The van der Waals surface area contributed by atoms with Crippen LogP contribution in [-0.4, -0.2) is 14.3 Å². The summed E-state index contributed by atoms with van der Waals surface area (Å²) in [4.78, 5) is 12.9. The van der Waals surface area contributed by atoms with Gasteiger partial charge in [0, 0.05) is 10.7 Å². The van der Waals surface area contributed by atoms with Crippen LogP contribution < -0.4 is 14.8 Å². The summed E-state index contributed by atoms with van der Waals surface area (Å²) in [6.45, 7) is 5.44. The molecule has 3 aromatic rings. The van der Waals surface area contributed by atoms with Crippen LogP contribution in [-0.2, 0) is 10.0 Å². The number of hydrogen-bond acceptors (Lipinski definition) is 4. The van der Waals surface area contributed by atoms with Gasteiger partial charge in [-0.2, -0.15) is 0 Å². The third-order valence-corrected chi connectivity index (χ3v) is 6.68. The van der Waals surface area contributed by atoms with Gasteiger partial charge >= 0.3 is 0 Å². The van der Waals surface area contributed by atoms with Crippen LogP contribution in [0.3, 0.4) is 0 Å². The second-order valence-corrected chi connectivity index (χ2v) is 9.30. The highest BCUT2D eigenvalue weighted by Gasteiger charge is 2.24. The summed E-state index contributed by atoms with van der Waals surface area (Å²) in [7, 11) is -3.84. The first-order valence-electron chi connectivity index (χ1n) is 9.17.